The van der Waals surface area contributed by atoms with Crippen molar-refractivity contribution in [1.29, 1.82) is 0 Å². The van der Waals surface area contributed by atoms with Crippen LogP contribution in [-0.2, 0) is 30.4 Å². The van der Waals surface area contributed by atoms with Crippen molar-refractivity contribution in [3.8, 4) is 0 Å². The van der Waals surface area contributed by atoms with Gasteiger partial charge in [-0.1, -0.05) is 44.2 Å². The van der Waals surface area contributed by atoms with Crippen LogP contribution in [0.4, 0.5) is 0 Å². The SMILES string of the molecule is CC(C)CC(NC(=O)C(Cc1ccccc1)NC(=O)CN)C(=O)NC(CC(=O)O)C(=O)O. The van der Waals surface area contributed by atoms with Crippen LogP contribution in [0.25, 0.3) is 0 Å². The fourth-order valence-electron chi connectivity index (χ4n) is 2.93. The predicted octanol–water partition coefficient (Wildman–Crippen LogP) is -0.752. The van der Waals surface area contributed by atoms with E-state index in [1.54, 1.807) is 44.2 Å². The van der Waals surface area contributed by atoms with Crippen LogP contribution < -0.4 is 21.7 Å². The third-order valence-electron chi connectivity index (χ3n) is 4.45. The van der Waals surface area contributed by atoms with Crippen molar-refractivity contribution in [2.75, 3.05) is 6.54 Å². The van der Waals surface area contributed by atoms with E-state index in [4.69, 9.17) is 10.8 Å². The summed E-state index contributed by atoms with van der Waals surface area (Å²) in [6.45, 7) is 3.27. The lowest BCUT2D eigenvalue weighted by Gasteiger charge is -2.25. The highest BCUT2D eigenvalue weighted by Crippen LogP contribution is 2.09. The van der Waals surface area contributed by atoms with Gasteiger partial charge in [0.05, 0.1) is 13.0 Å². The van der Waals surface area contributed by atoms with Crippen LogP contribution in [0.2, 0.25) is 0 Å². The van der Waals surface area contributed by atoms with E-state index < -0.39 is 54.2 Å². The molecular formula is C21H30N4O7. The van der Waals surface area contributed by atoms with Crippen molar-refractivity contribution in [2.24, 2.45) is 11.7 Å². The molecule has 1 aromatic carbocycles. The quantitative estimate of drug-likeness (QED) is 0.226. The van der Waals surface area contributed by atoms with E-state index in [0.717, 1.165) is 5.56 Å². The summed E-state index contributed by atoms with van der Waals surface area (Å²) < 4.78 is 0. The number of benzene rings is 1. The van der Waals surface area contributed by atoms with E-state index in [0.29, 0.717) is 0 Å². The minimum absolute atomic E-state index is 0.0555. The summed E-state index contributed by atoms with van der Waals surface area (Å²) in [5.74, 6) is -4.99. The molecule has 0 bridgehead atoms. The maximum Gasteiger partial charge on any atom is 0.326 e. The molecular weight excluding hydrogens is 420 g/mol. The third-order valence-corrected chi connectivity index (χ3v) is 4.45. The average molecular weight is 450 g/mol. The van der Waals surface area contributed by atoms with Gasteiger partial charge in [0.2, 0.25) is 17.7 Å². The van der Waals surface area contributed by atoms with Crippen molar-refractivity contribution >= 4 is 29.7 Å². The number of carboxylic acids is 2. The molecule has 7 N–H and O–H groups in total. The van der Waals surface area contributed by atoms with Crippen molar-refractivity contribution < 1.29 is 34.2 Å². The first-order valence-electron chi connectivity index (χ1n) is 10.1. The molecule has 3 amide bonds. The Hall–Kier alpha value is -3.47. The molecule has 0 heterocycles. The molecule has 0 radical (unpaired) electrons. The number of amides is 3. The lowest BCUT2D eigenvalue weighted by atomic mass is 10.0. The van der Waals surface area contributed by atoms with E-state index in [9.17, 15) is 29.1 Å². The van der Waals surface area contributed by atoms with Crippen LogP contribution in [0.1, 0.15) is 32.3 Å². The molecule has 0 saturated heterocycles. The maximum atomic E-state index is 12.9. The summed E-state index contributed by atoms with van der Waals surface area (Å²) in [7, 11) is 0. The molecule has 0 saturated carbocycles. The molecule has 0 fully saturated rings. The summed E-state index contributed by atoms with van der Waals surface area (Å²) in [6, 6.07) is 5.10. The molecule has 0 aliphatic heterocycles. The van der Waals surface area contributed by atoms with Gasteiger partial charge in [-0.15, -0.1) is 0 Å². The van der Waals surface area contributed by atoms with Gasteiger partial charge in [-0.2, -0.15) is 0 Å². The number of hydrogen-bond acceptors (Lipinski definition) is 6. The molecule has 1 rings (SSSR count). The third kappa shape index (κ3) is 9.56. The number of carbonyl (C=O) groups excluding carboxylic acids is 3. The average Bonchev–Trinajstić information content (AvgIpc) is 2.72. The zero-order chi connectivity index (χ0) is 24.3. The van der Waals surface area contributed by atoms with Crippen LogP contribution in [0.15, 0.2) is 30.3 Å². The fourth-order valence-corrected chi connectivity index (χ4v) is 2.93. The zero-order valence-electron chi connectivity index (χ0n) is 18.0. The van der Waals surface area contributed by atoms with E-state index in [2.05, 4.69) is 16.0 Å². The van der Waals surface area contributed by atoms with Gasteiger partial charge < -0.3 is 31.9 Å². The number of nitrogens with two attached hydrogens (primary N) is 1. The van der Waals surface area contributed by atoms with Gasteiger partial charge in [0.25, 0.3) is 0 Å². The Labute approximate surface area is 185 Å². The summed E-state index contributed by atoms with van der Waals surface area (Å²) >= 11 is 0. The standard InChI is InChI=1S/C21H30N4O7/c1-12(2)8-14(19(29)25-16(21(31)32)10-18(27)28)24-20(30)15(23-17(26)11-22)9-13-6-4-3-5-7-13/h3-7,12,14-16H,8-11,22H2,1-2H3,(H,23,26)(H,24,30)(H,25,29)(H,27,28)(H,31,32). The Morgan fingerprint density at radius 2 is 1.44 bits per heavy atom. The van der Waals surface area contributed by atoms with Crippen molar-refractivity contribution in [3.63, 3.8) is 0 Å². The Kier molecular flexibility index (Phi) is 10.8. The van der Waals surface area contributed by atoms with Crippen molar-refractivity contribution in [3.05, 3.63) is 35.9 Å². The Morgan fingerprint density at radius 1 is 0.875 bits per heavy atom. The van der Waals surface area contributed by atoms with Crippen LogP contribution in [0.5, 0.6) is 0 Å². The summed E-state index contributed by atoms with van der Waals surface area (Å²) in [5, 5.41) is 25.3. The summed E-state index contributed by atoms with van der Waals surface area (Å²) in [6.07, 6.45) is -0.502. The van der Waals surface area contributed by atoms with Crippen molar-refractivity contribution in [1.82, 2.24) is 16.0 Å². The number of aliphatic carboxylic acids is 2. The van der Waals surface area contributed by atoms with Gasteiger partial charge >= 0.3 is 11.9 Å². The zero-order valence-corrected chi connectivity index (χ0v) is 18.0. The maximum absolute atomic E-state index is 12.9. The van der Waals surface area contributed by atoms with E-state index in [1.165, 1.54) is 0 Å². The number of hydrogen-bond donors (Lipinski definition) is 6. The van der Waals surface area contributed by atoms with E-state index >= 15 is 0 Å². The Balaban J connectivity index is 3.02. The second-order valence-electron chi connectivity index (χ2n) is 7.70. The highest BCUT2D eigenvalue weighted by molar-refractivity contribution is 5.94. The second-order valence-corrected chi connectivity index (χ2v) is 7.70. The lowest BCUT2D eigenvalue weighted by molar-refractivity contribution is -0.147. The molecule has 176 valence electrons. The monoisotopic (exact) mass is 450 g/mol. The second kappa shape index (κ2) is 13.1. The minimum atomic E-state index is -1.65. The fraction of sp³-hybridized carbons (Fsp3) is 0.476. The molecule has 3 atom stereocenters. The molecule has 0 aliphatic carbocycles. The van der Waals surface area contributed by atoms with Gasteiger partial charge in [-0.25, -0.2) is 4.79 Å². The first kappa shape index (κ1) is 26.6. The molecule has 0 aromatic heterocycles. The normalized spacial score (nSPS) is 13.5. The van der Waals surface area contributed by atoms with Crippen LogP contribution >= 0.6 is 0 Å². The van der Waals surface area contributed by atoms with Crippen LogP contribution in [0.3, 0.4) is 0 Å². The lowest BCUT2D eigenvalue weighted by Crippen LogP contribution is -2.57. The molecule has 11 heteroatoms. The largest absolute Gasteiger partial charge is 0.481 e. The van der Waals surface area contributed by atoms with Gasteiger partial charge in [-0.05, 0) is 17.9 Å². The number of carboxylic acid groups (broad SMARTS) is 2. The highest BCUT2D eigenvalue weighted by atomic mass is 16.4. The number of rotatable bonds is 13. The highest BCUT2D eigenvalue weighted by Gasteiger charge is 2.30. The molecule has 11 nitrogen and oxygen atoms in total. The first-order chi connectivity index (χ1) is 15.0. The van der Waals surface area contributed by atoms with Gasteiger partial charge in [0.15, 0.2) is 0 Å². The summed E-state index contributed by atoms with van der Waals surface area (Å²) in [4.78, 5) is 59.6. The van der Waals surface area contributed by atoms with Gasteiger partial charge in [0, 0.05) is 6.42 Å². The number of carbonyl (C=O) groups is 5. The van der Waals surface area contributed by atoms with Gasteiger partial charge in [0.1, 0.15) is 18.1 Å². The molecule has 1 aromatic rings. The van der Waals surface area contributed by atoms with Crippen LogP contribution in [-0.4, -0.2) is 64.5 Å². The molecule has 32 heavy (non-hydrogen) atoms. The summed E-state index contributed by atoms with van der Waals surface area (Å²) in [5.41, 5.74) is 6.11. The smallest absolute Gasteiger partial charge is 0.326 e. The topological polar surface area (TPSA) is 188 Å². The minimum Gasteiger partial charge on any atom is -0.481 e. The Morgan fingerprint density at radius 3 is 1.94 bits per heavy atom. The molecule has 3 unspecified atom stereocenters. The van der Waals surface area contributed by atoms with Gasteiger partial charge in [-0.3, -0.25) is 19.2 Å². The van der Waals surface area contributed by atoms with Crippen LogP contribution in [0, 0.1) is 5.92 Å². The Bertz CT molecular complexity index is 814. The molecule has 0 aliphatic rings. The van der Waals surface area contributed by atoms with E-state index in [-0.39, 0.29) is 25.3 Å². The predicted molar refractivity (Wildman–Crippen MR) is 114 cm³/mol. The first-order valence-corrected chi connectivity index (χ1v) is 10.1. The number of nitrogens with one attached hydrogen (secondary N) is 3. The van der Waals surface area contributed by atoms with E-state index in [1.807, 2.05) is 0 Å². The van der Waals surface area contributed by atoms with Crippen molar-refractivity contribution in [2.45, 2.75) is 51.2 Å². The molecule has 0 spiro atoms.